The molecule has 0 aliphatic heterocycles. The van der Waals surface area contributed by atoms with Gasteiger partial charge in [0.15, 0.2) is 11.5 Å². The van der Waals surface area contributed by atoms with Crippen LogP contribution in [0.4, 0.5) is 13.2 Å². The monoisotopic (exact) mass is 395 g/mol. The fourth-order valence-corrected chi connectivity index (χ4v) is 2.80. The number of benzene rings is 2. The van der Waals surface area contributed by atoms with Gasteiger partial charge >= 0.3 is 6.18 Å². The quantitative estimate of drug-likeness (QED) is 0.604. The summed E-state index contributed by atoms with van der Waals surface area (Å²) in [7, 11) is 0. The second-order valence-corrected chi connectivity index (χ2v) is 7.38. The Labute approximate surface area is 164 Å². The SMILES string of the molecule is CC(C)Oc1ccc(C(N)CCc2ccc(C(F)(F)F)cc2)cc1OC(C)C. The van der Waals surface area contributed by atoms with Gasteiger partial charge in [-0.1, -0.05) is 18.2 Å². The highest BCUT2D eigenvalue weighted by Gasteiger charge is 2.29. The minimum Gasteiger partial charge on any atom is -0.487 e. The van der Waals surface area contributed by atoms with E-state index >= 15 is 0 Å². The Morgan fingerprint density at radius 2 is 1.43 bits per heavy atom. The van der Waals surface area contributed by atoms with Gasteiger partial charge in [-0.05, 0) is 75.9 Å². The number of hydrogen-bond acceptors (Lipinski definition) is 3. The Balaban J connectivity index is 2.07. The summed E-state index contributed by atoms with van der Waals surface area (Å²) in [6.07, 6.45) is -3.11. The van der Waals surface area contributed by atoms with Crippen LogP contribution >= 0.6 is 0 Å². The van der Waals surface area contributed by atoms with Gasteiger partial charge in [0.1, 0.15) is 0 Å². The van der Waals surface area contributed by atoms with E-state index in [1.165, 1.54) is 12.1 Å². The molecule has 0 radical (unpaired) electrons. The smallest absolute Gasteiger partial charge is 0.416 e. The number of rotatable bonds is 8. The van der Waals surface area contributed by atoms with Crippen molar-refractivity contribution in [1.29, 1.82) is 0 Å². The first-order valence-corrected chi connectivity index (χ1v) is 9.45. The van der Waals surface area contributed by atoms with Gasteiger partial charge in [-0.2, -0.15) is 13.2 Å². The molecular weight excluding hydrogens is 367 g/mol. The topological polar surface area (TPSA) is 44.5 Å². The highest BCUT2D eigenvalue weighted by molar-refractivity contribution is 5.44. The molecule has 0 amide bonds. The molecule has 2 rings (SSSR count). The number of alkyl halides is 3. The van der Waals surface area contributed by atoms with E-state index in [2.05, 4.69) is 0 Å². The molecule has 0 saturated carbocycles. The van der Waals surface area contributed by atoms with Crippen molar-refractivity contribution in [1.82, 2.24) is 0 Å². The molecule has 2 aromatic carbocycles. The lowest BCUT2D eigenvalue weighted by Gasteiger charge is -2.20. The first-order chi connectivity index (χ1) is 13.1. The lowest BCUT2D eigenvalue weighted by atomic mass is 9.98. The highest BCUT2D eigenvalue weighted by atomic mass is 19.4. The van der Waals surface area contributed by atoms with Gasteiger partial charge in [0.2, 0.25) is 0 Å². The third kappa shape index (κ3) is 6.44. The third-order valence-corrected chi connectivity index (χ3v) is 4.15. The molecule has 3 nitrogen and oxygen atoms in total. The van der Waals surface area contributed by atoms with Gasteiger partial charge in [-0.15, -0.1) is 0 Å². The molecule has 6 heteroatoms. The van der Waals surface area contributed by atoms with Crippen molar-refractivity contribution in [3.63, 3.8) is 0 Å². The predicted molar refractivity (Wildman–Crippen MR) is 105 cm³/mol. The van der Waals surface area contributed by atoms with Crippen LogP contribution in [0.25, 0.3) is 0 Å². The van der Waals surface area contributed by atoms with Gasteiger partial charge in [0.05, 0.1) is 17.8 Å². The third-order valence-electron chi connectivity index (χ3n) is 4.15. The molecule has 0 heterocycles. The molecule has 2 N–H and O–H groups in total. The van der Waals surface area contributed by atoms with Gasteiger partial charge < -0.3 is 15.2 Å². The molecular formula is C22H28F3NO2. The van der Waals surface area contributed by atoms with Gasteiger partial charge in [-0.3, -0.25) is 0 Å². The van der Waals surface area contributed by atoms with E-state index in [9.17, 15) is 13.2 Å². The molecule has 0 bridgehead atoms. The molecule has 0 fully saturated rings. The first kappa shape index (κ1) is 22.1. The standard InChI is InChI=1S/C22H28F3NO2/c1-14(2)27-20-12-8-17(13-21(20)28-15(3)4)19(26)11-7-16-5-9-18(10-6-16)22(23,24)25/h5-6,8-10,12-15,19H,7,11,26H2,1-4H3. The van der Waals surface area contributed by atoms with E-state index < -0.39 is 11.7 Å². The average molecular weight is 395 g/mol. The number of hydrogen-bond donors (Lipinski definition) is 1. The number of halogens is 3. The second-order valence-electron chi connectivity index (χ2n) is 7.38. The Kier molecular flexibility index (Phi) is 7.35. The number of nitrogens with two attached hydrogens (primary N) is 1. The van der Waals surface area contributed by atoms with E-state index in [1.54, 1.807) is 0 Å². The fourth-order valence-electron chi connectivity index (χ4n) is 2.80. The van der Waals surface area contributed by atoms with Crippen LogP contribution < -0.4 is 15.2 Å². The van der Waals surface area contributed by atoms with Gasteiger partial charge in [0.25, 0.3) is 0 Å². The Morgan fingerprint density at radius 1 is 0.857 bits per heavy atom. The van der Waals surface area contributed by atoms with Gasteiger partial charge in [-0.25, -0.2) is 0 Å². The predicted octanol–water partition coefficient (Wildman–Crippen LogP) is 5.91. The van der Waals surface area contributed by atoms with E-state index in [4.69, 9.17) is 15.2 Å². The molecule has 2 aromatic rings. The van der Waals surface area contributed by atoms with Crippen LogP contribution in [0.5, 0.6) is 11.5 Å². The molecule has 1 atom stereocenters. The maximum Gasteiger partial charge on any atom is 0.416 e. The summed E-state index contributed by atoms with van der Waals surface area (Å²) in [5, 5.41) is 0. The Morgan fingerprint density at radius 3 is 1.96 bits per heavy atom. The number of aryl methyl sites for hydroxylation is 1. The van der Waals surface area contributed by atoms with Crippen LogP contribution in [-0.2, 0) is 12.6 Å². The van der Waals surface area contributed by atoms with Crippen molar-refractivity contribution in [2.45, 2.75) is 65.0 Å². The minimum atomic E-state index is -4.32. The lowest BCUT2D eigenvalue weighted by Crippen LogP contribution is -2.14. The average Bonchev–Trinajstić information content (AvgIpc) is 2.60. The molecule has 0 spiro atoms. The Bertz CT molecular complexity index is 755. The molecule has 0 aliphatic carbocycles. The fraction of sp³-hybridized carbons (Fsp3) is 0.455. The summed E-state index contributed by atoms with van der Waals surface area (Å²) >= 11 is 0. The maximum atomic E-state index is 12.7. The Hall–Kier alpha value is -2.21. The van der Waals surface area contributed by atoms with Crippen molar-refractivity contribution < 1.29 is 22.6 Å². The van der Waals surface area contributed by atoms with E-state index in [1.807, 2.05) is 45.9 Å². The zero-order valence-electron chi connectivity index (χ0n) is 16.7. The van der Waals surface area contributed by atoms with Crippen molar-refractivity contribution in [2.75, 3.05) is 0 Å². The normalized spacial score (nSPS) is 13.1. The van der Waals surface area contributed by atoms with Crippen LogP contribution in [0.15, 0.2) is 42.5 Å². The summed E-state index contributed by atoms with van der Waals surface area (Å²) in [5.74, 6) is 1.31. The van der Waals surface area contributed by atoms with Crippen LogP contribution in [0.3, 0.4) is 0 Å². The second kappa shape index (κ2) is 9.32. The highest BCUT2D eigenvalue weighted by Crippen LogP contribution is 2.33. The summed E-state index contributed by atoms with van der Waals surface area (Å²) in [5.41, 5.74) is 7.40. The zero-order chi connectivity index (χ0) is 20.9. The van der Waals surface area contributed by atoms with Crippen LogP contribution in [0.2, 0.25) is 0 Å². The van der Waals surface area contributed by atoms with Crippen molar-refractivity contribution in [2.24, 2.45) is 5.73 Å². The van der Waals surface area contributed by atoms with Crippen LogP contribution in [0.1, 0.15) is 56.8 Å². The molecule has 0 aromatic heterocycles. The van der Waals surface area contributed by atoms with Crippen molar-refractivity contribution in [3.8, 4) is 11.5 Å². The van der Waals surface area contributed by atoms with E-state index in [-0.39, 0.29) is 18.2 Å². The van der Waals surface area contributed by atoms with E-state index in [0.717, 1.165) is 23.3 Å². The molecule has 1 unspecified atom stereocenters. The molecule has 0 aliphatic rings. The maximum absolute atomic E-state index is 12.7. The minimum absolute atomic E-state index is 0.00636. The van der Waals surface area contributed by atoms with Crippen LogP contribution in [0, 0.1) is 0 Å². The van der Waals surface area contributed by atoms with Crippen molar-refractivity contribution >= 4 is 0 Å². The first-order valence-electron chi connectivity index (χ1n) is 9.45. The largest absolute Gasteiger partial charge is 0.487 e. The van der Waals surface area contributed by atoms with Crippen LogP contribution in [-0.4, -0.2) is 12.2 Å². The van der Waals surface area contributed by atoms with E-state index in [0.29, 0.717) is 24.3 Å². The molecule has 28 heavy (non-hydrogen) atoms. The van der Waals surface area contributed by atoms with Gasteiger partial charge in [0, 0.05) is 6.04 Å². The molecule has 154 valence electrons. The zero-order valence-corrected chi connectivity index (χ0v) is 16.7. The summed E-state index contributed by atoms with van der Waals surface area (Å²) < 4.78 is 49.6. The molecule has 0 saturated heterocycles. The van der Waals surface area contributed by atoms with Crippen molar-refractivity contribution in [3.05, 3.63) is 59.2 Å². The lowest BCUT2D eigenvalue weighted by molar-refractivity contribution is -0.137. The summed E-state index contributed by atoms with van der Waals surface area (Å²) in [6.45, 7) is 7.78. The number of ether oxygens (including phenoxy) is 2. The summed E-state index contributed by atoms with van der Waals surface area (Å²) in [6, 6.07) is 10.6. The summed E-state index contributed by atoms with van der Waals surface area (Å²) in [4.78, 5) is 0.